The third-order valence-electron chi connectivity index (χ3n) is 2.01. The minimum atomic E-state index is 0.434. The first kappa shape index (κ1) is 9.06. The van der Waals surface area contributed by atoms with Gasteiger partial charge < -0.3 is 4.74 Å². The SMILES string of the molecule is c1ccc(C2COCCNS2)cc1. The summed E-state index contributed by atoms with van der Waals surface area (Å²) in [5, 5.41) is 0.434. The second kappa shape index (κ2) is 4.65. The van der Waals surface area contributed by atoms with Crippen molar-refractivity contribution in [2.24, 2.45) is 0 Å². The van der Waals surface area contributed by atoms with Gasteiger partial charge in [0, 0.05) is 6.54 Å². The molecule has 1 saturated heterocycles. The second-order valence-corrected chi connectivity index (χ2v) is 4.08. The van der Waals surface area contributed by atoms with E-state index in [1.165, 1.54) is 5.56 Å². The Morgan fingerprint density at radius 1 is 1.31 bits per heavy atom. The Labute approximate surface area is 82.8 Å². The lowest BCUT2D eigenvalue weighted by Gasteiger charge is -2.12. The number of hydrogen-bond acceptors (Lipinski definition) is 3. The number of rotatable bonds is 1. The van der Waals surface area contributed by atoms with Gasteiger partial charge in [-0.15, -0.1) is 0 Å². The van der Waals surface area contributed by atoms with Crippen molar-refractivity contribution in [1.29, 1.82) is 0 Å². The molecule has 2 rings (SSSR count). The highest BCUT2D eigenvalue weighted by Gasteiger charge is 2.14. The van der Waals surface area contributed by atoms with Crippen molar-refractivity contribution in [3.63, 3.8) is 0 Å². The van der Waals surface area contributed by atoms with E-state index in [-0.39, 0.29) is 0 Å². The van der Waals surface area contributed by atoms with Crippen LogP contribution in [0.3, 0.4) is 0 Å². The van der Waals surface area contributed by atoms with Gasteiger partial charge in [0.1, 0.15) is 0 Å². The zero-order chi connectivity index (χ0) is 8.93. The van der Waals surface area contributed by atoms with Crippen molar-refractivity contribution >= 4 is 11.9 Å². The van der Waals surface area contributed by atoms with Crippen LogP contribution in [0.25, 0.3) is 0 Å². The molecule has 1 unspecified atom stereocenters. The van der Waals surface area contributed by atoms with Crippen LogP contribution in [0, 0.1) is 0 Å². The largest absolute Gasteiger partial charge is 0.379 e. The average molecular weight is 195 g/mol. The standard InChI is InChI=1S/C10H13NOS/c1-2-4-9(5-3-1)10-8-12-7-6-11-13-10/h1-5,10-11H,6-8H2. The van der Waals surface area contributed by atoms with Gasteiger partial charge in [-0.25, -0.2) is 0 Å². The van der Waals surface area contributed by atoms with E-state index in [4.69, 9.17) is 4.74 Å². The van der Waals surface area contributed by atoms with Crippen molar-refractivity contribution in [2.75, 3.05) is 19.8 Å². The molecule has 70 valence electrons. The fraction of sp³-hybridized carbons (Fsp3) is 0.400. The topological polar surface area (TPSA) is 21.3 Å². The third kappa shape index (κ3) is 2.46. The molecule has 0 spiro atoms. The first-order chi connectivity index (χ1) is 6.47. The van der Waals surface area contributed by atoms with Gasteiger partial charge in [-0.05, 0) is 5.56 Å². The third-order valence-corrected chi connectivity index (χ3v) is 3.08. The number of hydrogen-bond donors (Lipinski definition) is 1. The van der Waals surface area contributed by atoms with E-state index in [1.807, 2.05) is 6.07 Å². The Kier molecular flexibility index (Phi) is 3.24. The van der Waals surface area contributed by atoms with E-state index in [1.54, 1.807) is 11.9 Å². The molecule has 0 saturated carbocycles. The predicted molar refractivity (Wildman–Crippen MR) is 55.6 cm³/mol. The molecule has 1 heterocycles. The molecule has 1 aromatic carbocycles. The maximum Gasteiger partial charge on any atom is 0.0676 e. The Hall–Kier alpha value is -0.510. The second-order valence-electron chi connectivity index (χ2n) is 2.99. The highest BCUT2D eigenvalue weighted by Crippen LogP contribution is 2.27. The van der Waals surface area contributed by atoms with Gasteiger partial charge in [0.15, 0.2) is 0 Å². The van der Waals surface area contributed by atoms with Gasteiger partial charge in [0.05, 0.1) is 18.5 Å². The van der Waals surface area contributed by atoms with Crippen LogP contribution in [0.15, 0.2) is 30.3 Å². The van der Waals surface area contributed by atoms with E-state index < -0.39 is 0 Å². The predicted octanol–water partition coefficient (Wildman–Crippen LogP) is 2.00. The van der Waals surface area contributed by atoms with Crippen LogP contribution in [0.4, 0.5) is 0 Å². The summed E-state index contributed by atoms with van der Waals surface area (Å²) in [6, 6.07) is 10.5. The van der Waals surface area contributed by atoms with Gasteiger partial charge in [0.25, 0.3) is 0 Å². The molecule has 1 aliphatic heterocycles. The summed E-state index contributed by atoms with van der Waals surface area (Å²) in [6.07, 6.45) is 0. The molecule has 1 N–H and O–H groups in total. The van der Waals surface area contributed by atoms with E-state index in [2.05, 4.69) is 29.0 Å². The Balaban J connectivity index is 2.06. The number of benzene rings is 1. The molecule has 1 aromatic rings. The first-order valence-electron chi connectivity index (χ1n) is 4.48. The summed E-state index contributed by atoms with van der Waals surface area (Å²) < 4.78 is 8.77. The molecule has 2 nitrogen and oxygen atoms in total. The van der Waals surface area contributed by atoms with Crippen molar-refractivity contribution in [1.82, 2.24) is 4.72 Å². The van der Waals surface area contributed by atoms with Gasteiger partial charge in [-0.2, -0.15) is 0 Å². The minimum Gasteiger partial charge on any atom is -0.379 e. The summed E-state index contributed by atoms with van der Waals surface area (Å²) in [6.45, 7) is 2.56. The minimum absolute atomic E-state index is 0.434. The maximum absolute atomic E-state index is 5.48. The van der Waals surface area contributed by atoms with Crippen molar-refractivity contribution in [3.05, 3.63) is 35.9 Å². The summed E-state index contributed by atoms with van der Waals surface area (Å²) in [7, 11) is 0. The van der Waals surface area contributed by atoms with Crippen molar-refractivity contribution < 1.29 is 4.74 Å². The molecule has 0 bridgehead atoms. The van der Waals surface area contributed by atoms with E-state index in [9.17, 15) is 0 Å². The smallest absolute Gasteiger partial charge is 0.0676 e. The van der Waals surface area contributed by atoms with Gasteiger partial charge >= 0.3 is 0 Å². The van der Waals surface area contributed by atoms with Crippen LogP contribution >= 0.6 is 11.9 Å². The zero-order valence-corrected chi connectivity index (χ0v) is 8.22. The maximum atomic E-state index is 5.48. The lowest BCUT2D eigenvalue weighted by atomic mass is 10.1. The molecular formula is C10H13NOS. The Bertz CT molecular complexity index is 244. The fourth-order valence-electron chi connectivity index (χ4n) is 1.33. The molecule has 0 aromatic heterocycles. The average Bonchev–Trinajstić information content (AvgIpc) is 2.47. The van der Waals surface area contributed by atoms with Crippen LogP contribution in [0.2, 0.25) is 0 Å². The Morgan fingerprint density at radius 3 is 3.00 bits per heavy atom. The van der Waals surface area contributed by atoms with E-state index in [0.29, 0.717) is 5.25 Å². The number of nitrogens with one attached hydrogen (secondary N) is 1. The van der Waals surface area contributed by atoms with Gasteiger partial charge in [-0.1, -0.05) is 42.3 Å². The highest BCUT2D eigenvalue weighted by molar-refractivity contribution is 7.97. The summed E-state index contributed by atoms with van der Waals surface area (Å²) in [4.78, 5) is 0. The molecule has 0 amide bonds. The lowest BCUT2D eigenvalue weighted by molar-refractivity contribution is 0.146. The molecule has 0 aliphatic carbocycles. The van der Waals surface area contributed by atoms with Crippen LogP contribution in [-0.2, 0) is 4.74 Å². The van der Waals surface area contributed by atoms with E-state index in [0.717, 1.165) is 19.8 Å². The normalized spacial score (nSPS) is 23.8. The molecule has 13 heavy (non-hydrogen) atoms. The fourth-order valence-corrected chi connectivity index (χ4v) is 2.19. The monoisotopic (exact) mass is 195 g/mol. The zero-order valence-electron chi connectivity index (χ0n) is 7.40. The highest BCUT2D eigenvalue weighted by atomic mass is 32.2. The van der Waals surface area contributed by atoms with Crippen LogP contribution in [0.1, 0.15) is 10.8 Å². The van der Waals surface area contributed by atoms with Crippen molar-refractivity contribution in [3.8, 4) is 0 Å². The molecule has 3 heteroatoms. The Morgan fingerprint density at radius 2 is 2.15 bits per heavy atom. The van der Waals surface area contributed by atoms with Crippen LogP contribution in [0.5, 0.6) is 0 Å². The van der Waals surface area contributed by atoms with Gasteiger partial charge in [-0.3, -0.25) is 4.72 Å². The molecular weight excluding hydrogens is 182 g/mol. The van der Waals surface area contributed by atoms with E-state index >= 15 is 0 Å². The van der Waals surface area contributed by atoms with Crippen LogP contribution < -0.4 is 4.72 Å². The summed E-state index contributed by atoms with van der Waals surface area (Å²) in [5.41, 5.74) is 1.34. The summed E-state index contributed by atoms with van der Waals surface area (Å²) >= 11 is 1.76. The quantitative estimate of drug-likeness (QED) is 0.692. The van der Waals surface area contributed by atoms with Crippen molar-refractivity contribution in [2.45, 2.75) is 5.25 Å². The molecule has 0 radical (unpaired) electrons. The molecule has 1 aliphatic rings. The van der Waals surface area contributed by atoms with Crippen LogP contribution in [-0.4, -0.2) is 19.8 Å². The lowest BCUT2D eigenvalue weighted by Crippen LogP contribution is -2.07. The number of ether oxygens (including phenoxy) is 1. The first-order valence-corrected chi connectivity index (χ1v) is 5.36. The summed E-state index contributed by atoms with van der Waals surface area (Å²) in [5.74, 6) is 0. The molecule has 1 fully saturated rings. The van der Waals surface area contributed by atoms with Gasteiger partial charge in [0.2, 0.25) is 0 Å². The molecule has 1 atom stereocenters.